The van der Waals surface area contributed by atoms with Gasteiger partial charge in [-0.05, 0) is 12.1 Å². The Morgan fingerprint density at radius 3 is 2.26 bits per heavy atom. The van der Waals surface area contributed by atoms with Crippen molar-refractivity contribution in [3.8, 4) is 0 Å². The van der Waals surface area contributed by atoms with Gasteiger partial charge in [-0.25, -0.2) is 4.98 Å². The lowest BCUT2D eigenvalue weighted by Gasteiger charge is -1.96. The molecule has 3 rings (SSSR count). The third-order valence-electron chi connectivity index (χ3n) is 2.85. The smallest absolute Gasteiger partial charge is 0.268 e. The highest BCUT2D eigenvalue weighted by molar-refractivity contribution is 6.48. The Hall–Kier alpha value is -2.75. The summed E-state index contributed by atoms with van der Waals surface area (Å²) < 4.78 is 0. The Morgan fingerprint density at radius 2 is 1.53 bits per heavy atom. The molecule has 1 heterocycles. The van der Waals surface area contributed by atoms with Crippen LogP contribution in [0.4, 0.5) is 0 Å². The predicted octanol–water partition coefficient (Wildman–Crippen LogP) is 2.63. The van der Waals surface area contributed by atoms with Crippen molar-refractivity contribution < 1.29 is 9.59 Å². The van der Waals surface area contributed by atoms with Crippen LogP contribution in [0.3, 0.4) is 0 Å². The highest BCUT2D eigenvalue weighted by atomic mass is 16.2. The van der Waals surface area contributed by atoms with Crippen molar-refractivity contribution in [2.24, 2.45) is 0 Å². The van der Waals surface area contributed by atoms with Crippen LogP contribution in [-0.2, 0) is 0 Å². The number of aromatic amines is 1. The van der Waals surface area contributed by atoms with Crippen molar-refractivity contribution in [3.63, 3.8) is 0 Å². The van der Waals surface area contributed by atoms with Crippen molar-refractivity contribution in [2.75, 3.05) is 0 Å². The lowest BCUT2D eigenvalue weighted by Crippen LogP contribution is -2.15. The molecule has 0 spiro atoms. The zero-order valence-corrected chi connectivity index (χ0v) is 9.96. The Morgan fingerprint density at radius 1 is 0.842 bits per heavy atom. The molecule has 2 aromatic carbocycles. The van der Waals surface area contributed by atoms with Gasteiger partial charge < -0.3 is 4.98 Å². The molecule has 0 saturated carbocycles. The van der Waals surface area contributed by atoms with E-state index in [4.69, 9.17) is 0 Å². The molecule has 0 amide bonds. The van der Waals surface area contributed by atoms with E-state index >= 15 is 0 Å². The number of nitrogens with zero attached hydrogens (tertiary/aromatic N) is 1. The van der Waals surface area contributed by atoms with Gasteiger partial charge in [0.15, 0.2) is 5.82 Å². The van der Waals surface area contributed by atoms with Crippen LogP contribution in [-0.4, -0.2) is 21.5 Å². The van der Waals surface area contributed by atoms with Crippen molar-refractivity contribution in [3.05, 3.63) is 66.0 Å². The summed E-state index contributed by atoms with van der Waals surface area (Å²) in [6.07, 6.45) is 0. The van der Waals surface area contributed by atoms with Crippen LogP contribution in [0.15, 0.2) is 54.6 Å². The van der Waals surface area contributed by atoms with Crippen LogP contribution in [0.5, 0.6) is 0 Å². The second-order valence-electron chi connectivity index (χ2n) is 4.13. The fraction of sp³-hybridized carbons (Fsp3) is 0. The Labute approximate surface area is 109 Å². The molecular weight excluding hydrogens is 240 g/mol. The second-order valence-corrected chi connectivity index (χ2v) is 4.13. The van der Waals surface area contributed by atoms with E-state index in [1.165, 1.54) is 0 Å². The maximum absolute atomic E-state index is 12.1. The molecule has 0 aliphatic carbocycles. The zero-order valence-electron chi connectivity index (χ0n) is 9.96. The lowest BCUT2D eigenvalue weighted by molar-refractivity contribution is 0.0811. The van der Waals surface area contributed by atoms with Crippen LogP contribution in [0.1, 0.15) is 21.0 Å². The van der Waals surface area contributed by atoms with E-state index in [0.717, 1.165) is 5.52 Å². The summed E-state index contributed by atoms with van der Waals surface area (Å²) in [7, 11) is 0. The van der Waals surface area contributed by atoms with E-state index in [2.05, 4.69) is 9.97 Å². The van der Waals surface area contributed by atoms with Crippen molar-refractivity contribution in [1.82, 2.24) is 9.97 Å². The minimum Gasteiger partial charge on any atom is -0.335 e. The van der Waals surface area contributed by atoms with Crippen molar-refractivity contribution >= 4 is 22.6 Å². The summed E-state index contributed by atoms with van der Waals surface area (Å²) in [6, 6.07) is 15.7. The predicted molar refractivity (Wildman–Crippen MR) is 71.2 cm³/mol. The van der Waals surface area contributed by atoms with Gasteiger partial charge in [0.25, 0.3) is 5.78 Å². The van der Waals surface area contributed by atoms with Gasteiger partial charge in [0.05, 0.1) is 11.0 Å². The number of carbonyl (C=O) groups is 2. The summed E-state index contributed by atoms with van der Waals surface area (Å²) in [6.45, 7) is 0. The van der Waals surface area contributed by atoms with Gasteiger partial charge >= 0.3 is 0 Å². The summed E-state index contributed by atoms with van der Waals surface area (Å²) in [5.41, 5.74) is 1.78. The number of nitrogens with one attached hydrogen (secondary N) is 1. The highest BCUT2D eigenvalue weighted by Gasteiger charge is 2.21. The molecule has 0 aliphatic heterocycles. The van der Waals surface area contributed by atoms with Crippen LogP contribution in [0.2, 0.25) is 0 Å². The number of H-pyrrole nitrogens is 1. The molecule has 92 valence electrons. The van der Waals surface area contributed by atoms with Crippen LogP contribution in [0, 0.1) is 0 Å². The average molecular weight is 250 g/mol. The van der Waals surface area contributed by atoms with Crippen molar-refractivity contribution in [2.45, 2.75) is 0 Å². The van der Waals surface area contributed by atoms with E-state index in [9.17, 15) is 9.59 Å². The van der Waals surface area contributed by atoms with E-state index < -0.39 is 11.6 Å². The minimum absolute atomic E-state index is 0.0788. The first kappa shape index (κ1) is 11.3. The monoisotopic (exact) mass is 250 g/mol. The van der Waals surface area contributed by atoms with Crippen molar-refractivity contribution in [1.29, 1.82) is 0 Å². The number of rotatable bonds is 3. The quantitative estimate of drug-likeness (QED) is 0.574. The number of hydrogen-bond acceptors (Lipinski definition) is 3. The third kappa shape index (κ3) is 2.04. The molecule has 0 radical (unpaired) electrons. The second kappa shape index (κ2) is 4.49. The molecule has 3 aromatic rings. The third-order valence-corrected chi connectivity index (χ3v) is 2.85. The number of carbonyl (C=O) groups excluding carboxylic acids is 2. The minimum atomic E-state index is -0.623. The number of hydrogen-bond donors (Lipinski definition) is 1. The average Bonchev–Trinajstić information content (AvgIpc) is 2.90. The maximum Gasteiger partial charge on any atom is 0.268 e. The first-order chi connectivity index (χ1) is 9.25. The molecule has 4 heteroatoms. The zero-order chi connectivity index (χ0) is 13.2. The van der Waals surface area contributed by atoms with Gasteiger partial charge in [0.1, 0.15) is 0 Å². The summed E-state index contributed by atoms with van der Waals surface area (Å²) >= 11 is 0. The lowest BCUT2D eigenvalue weighted by atomic mass is 10.1. The van der Waals surface area contributed by atoms with Gasteiger partial charge in [-0.3, -0.25) is 9.59 Å². The Kier molecular flexibility index (Phi) is 2.68. The fourth-order valence-electron chi connectivity index (χ4n) is 1.89. The molecular formula is C15H10N2O2. The van der Waals surface area contributed by atoms with Gasteiger partial charge in [0, 0.05) is 5.56 Å². The van der Waals surface area contributed by atoms with E-state index in [1.54, 1.807) is 36.4 Å². The molecule has 0 fully saturated rings. The van der Waals surface area contributed by atoms with Gasteiger partial charge in [-0.15, -0.1) is 0 Å². The molecule has 1 aromatic heterocycles. The molecule has 0 saturated heterocycles. The molecule has 4 nitrogen and oxygen atoms in total. The van der Waals surface area contributed by atoms with Gasteiger partial charge in [0.2, 0.25) is 5.78 Å². The Bertz CT molecular complexity index is 727. The molecule has 0 unspecified atom stereocenters. The molecule has 1 N–H and O–H groups in total. The number of imidazole rings is 1. The summed E-state index contributed by atoms with van der Waals surface area (Å²) in [5.74, 6) is -1.10. The van der Waals surface area contributed by atoms with Crippen LogP contribution >= 0.6 is 0 Å². The van der Waals surface area contributed by atoms with E-state index in [-0.39, 0.29) is 5.82 Å². The fourth-order valence-corrected chi connectivity index (χ4v) is 1.89. The largest absolute Gasteiger partial charge is 0.335 e. The molecule has 0 atom stereocenters. The number of aromatic nitrogens is 2. The number of para-hydroxylation sites is 2. The first-order valence-corrected chi connectivity index (χ1v) is 5.84. The van der Waals surface area contributed by atoms with Gasteiger partial charge in [-0.2, -0.15) is 0 Å². The number of Topliss-reactive ketones (excluding diaryl/α,β-unsaturated/α-hetero) is 2. The number of ketones is 2. The normalized spacial score (nSPS) is 10.5. The Balaban J connectivity index is 1.98. The molecule has 0 bridgehead atoms. The summed E-state index contributed by atoms with van der Waals surface area (Å²) in [5, 5.41) is 0. The van der Waals surface area contributed by atoms with Crippen LogP contribution in [0.25, 0.3) is 11.0 Å². The summed E-state index contributed by atoms with van der Waals surface area (Å²) in [4.78, 5) is 31.1. The first-order valence-electron chi connectivity index (χ1n) is 5.84. The van der Waals surface area contributed by atoms with E-state index in [0.29, 0.717) is 11.1 Å². The van der Waals surface area contributed by atoms with Crippen LogP contribution < -0.4 is 0 Å². The number of benzene rings is 2. The topological polar surface area (TPSA) is 62.8 Å². The molecule has 19 heavy (non-hydrogen) atoms. The van der Waals surface area contributed by atoms with E-state index in [1.807, 2.05) is 18.2 Å². The maximum atomic E-state index is 12.1. The SMILES string of the molecule is O=C(C(=O)c1nc2ccccc2[nH]1)c1ccccc1. The molecule has 0 aliphatic rings. The standard InChI is InChI=1S/C15H10N2O2/c18-13(10-6-2-1-3-7-10)14(19)15-16-11-8-4-5-9-12(11)17-15/h1-9H,(H,16,17). The van der Waals surface area contributed by atoms with Gasteiger partial charge in [-0.1, -0.05) is 42.5 Å². The highest BCUT2D eigenvalue weighted by Crippen LogP contribution is 2.12. The number of fused-ring (bicyclic) bond motifs is 1.